The molecule has 3 N–H and O–H groups in total. The van der Waals surface area contributed by atoms with E-state index in [0.717, 1.165) is 72.9 Å². The van der Waals surface area contributed by atoms with Gasteiger partial charge in [0, 0.05) is 16.9 Å². The third kappa shape index (κ3) is 6.75. The van der Waals surface area contributed by atoms with E-state index in [-0.39, 0.29) is 6.61 Å². The Morgan fingerprint density at radius 2 is 0.956 bits per heavy atom. The largest absolute Gasteiger partial charge is 0.497 e. The molecule has 6 aromatic rings. The number of nitrogens with one attached hydrogen (secondary N) is 1. The second kappa shape index (κ2) is 13.5. The smallest absolute Gasteiger partial charge is 0.118 e. The third-order valence-corrected chi connectivity index (χ3v) is 8.05. The van der Waals surface area contributed by atoms with E-state index in [2.05, 4.69) is 23.5 Å². The zero-order chi connectivity index (χ0) is 31.2. The molecular weight excluding hydrogens is 558 g/mol. The summed E-state index contributed by atoms with van der Waals surface area (Å²) in [6.07, 6.45) is -0.861. The normalized spacial score (nSPS) is 11.6. The van der Waals surface area contributed by atoms with Crippen LogP contribution in [0.2, 0.25) is 0 Å². The van der Waals surface area contributed by atoms with E-state index >= 15 is 0 Å². The van der Waals surface area contributed by atoms with Gasteiger partial charge < -0.3 is 25.0 Å². The van der Waals surface area contributed by atoms with Gasteiger partial charge in [0.05, 0.1) is 20.8 Å². The molecule has 0 aromatic heterocycles. The number of rotatable bonds is 10. The summed E-state index contributed by atoms with van der Waals surface area (Å²) in [4.78, 5) is 0. The molecule has 1 unspecified atom stereocenters. The maximum atomic E-state index is 11.8. The molecule has 0 bridgehead atoms. The van der Waals surface area contributed by atoms with Crippen LogP contribution < -0.4 is 14.8 Å². The molecule has 0 spiro atoms. The minimum Gasteiger partial charge on any atom is -0.497 e. The SMILES string of the molecule is COc1ccc(-c2ccc(C(O)c3cc(-c4ccc(OC)cc4)ccc3Nc3ccc(-c4ccc(CO)cc4)cc3)cc2)cc1. The highest BCUT2D eigenvalue weighted by Gasteiger charge is 2.17. The molecular formula is C40H35NO4. The molecule has 0 aliphatic carbocycles. The maximum Gasteiger partial charge on any atom is 0.118 e. The molecule has 0 fully saturated rings. The monoisotopic (exact) mass is 593 g/mol. The van der Waals surface area contributed by atoms with Gasteiger partial charge in [0.15, 0.2) is 0 Å². The Morgan fingerprint density at radius 1 is 0.533 bits per heavy atom. The zero-order valence-electron chi connectivity index (χ0n) is 25.3. The van der Waals surface area contributed by atoms with Crippen molar-refractivity contribution < 1.29 is 19.7 Å². The van der Waals surface area contributed by atoms with Crippen molar-refractivity contribution in [1.82, 2.24) is 0 Å². The van der Waals surface area contributed by atoms with Crippen molar-refractivity contribution in [3.63, 3.8) is 0 Å². The van der Waals surface area contributed by atoms with Crippen molar-refractivity contribution in [3.8, 4) is 44.9 Å². The zero-order valence-corrected chi connectivity index (χ0v) is 25.3. The topological polar surface area (TPSA) is 71.0 Å². The molecule has 0 radical (unpaired) electrons. The summed E-state index contributed by atoms with van der Waals surface area (Å²) in [7, 11) is 3.32. The first kappa shape index (κ1) is 29.7. The summed E-state index contributed by atoms with van der Waals surface area (Å²) >= 11 is 0. The van der Waals surface area contributed by atoms with E-state index < -0.39 is 6.10 Å². The van der Waals surface area contributed by atoms with Gasteiger partial charge in [0.25, 0.3) is 0 Å². The van der Waals surface area contributed by atoms with Gasteiger partial charge in [0.2, 0.25) is 0 Å². The van der Waals surface area contributed by atoms with E-state index in [1.807, 2.05) is 121 Å². The molecule has 0 saturated heterocycles. The molecule has 1 atom stereocenters. The van der Waals surface area contributed by atoms with Crippen LogP contribution in [0.5, 0.6) is 11.5 Å². The molecule has 0 aliphatic rings. The van der Waals surface area contributed by atoms with Crippen LogP contribution in [0.3, 0.4) is 0 Å². The van der Waals surface area contributed by atoms with Crippen LogP contribution in [0.25, 0.3) is 33.4 Å². The quantitative estimate of drug-likeness (QED) is 0.148. The molecule has 224 valence electrons. The molecule has 6 rings (SSSR count). The van der Waals surface area contributed by atoms with E-state index in [1.165, 1.54) is 0 Å². The van der Waals surface area contributed by atoms with Gasteiger partial charge in [-0.2, -0.15) is 0 Å². The van der Waals surface area contributed by atoms with Crippen molar-refractivity contribution in [2.75, 3.05) is 19.5 Å². The van der Waals surface area contributed by atoms with Crippen LogP contribution in [0.4, 0.5) is 11.4 Å². The summed E-state index contributed by atoms with van der Waals surface area (Å²) in [5.41, 5.74) is 10.5. The first-order valence-electron chi connectivity index (χ1n) is 14.8. The molecule has 5 nitrogen and oxygen atoms in total. The number of anilines is 2. The lowest BCUT2D eigenvalue weighted by molar-refractivity contribution is 0.221. The Kier molecular flexibility index (Phi) is 8.92. The van der Waals surface area contributed by atoms with E-state index in [9.17, 15) is 10.2 Å². The number of benzene rings is 6. The number of aliphatic hydroxyl groups is 2. The lowest BCUT2D eigenvalue weighted by Gasteiger charge is -2.20. The van der Waals surface area contributed by atoms with Gasteiger partial charge in [-0.05, 0) is 93.0 Å². The second-order valence-electron chi connectivity index (χ2n) is 10.8. The lowest BCUT2D eigenvalue weighted by atomic mass is 9.94. The minimum atomic E-state index is -0.861. The van der Waals surface area contributed by atoms with E-state index in [4.69, 9.17) is 9.47 Å². The van der Waals surface area contributed by atoms with Gasteiger partial charge in [-0.15, -0.1) is 0 Å². The number of aliphatic hydroxyl groups excluding tert-OH is 2. The van der Waals surface area contributed by atoms with Crippen molar-refractivity contribution in [2.24, 2.45) is 0 Å². The minimum absolute atomic E-state index is 0.0292. The van der Waals surface area contributed by atoms with Crippen LogP contribution in [0, 0.1) is 0 Å². The predicted octanol–water partition coefficient (Wildman–Crippen LogP) is 9.02. The van der Waals surface area contributed by atoms with Gasteiger partial charge in [-0.25, -0.2) is 0 Å². The third-order valence-electron chi connectivity index (χ3n) is 8.05. The Balaban J connectivity index is 1.31. The van der Waals surface area contributed by atoms with Crippen LogP contribution in [-0.4, -0.2) is 24.4 Å². The van der Waals surface area contributed by atoms with Gasteiger partial charge in [0.1, 0.15) is 17.6 Å². The summed E-state index contributed by atoms with van der Waals surface area (Å²) in [5.74, 6) is 1.61. The summed E-state index contributed by atoms with van der Waals surface area (Å²) in [6, 6.07) is 46.1. The lowest BCUT2D eigenvalue weighted by Crippen LogP contribution is -2.05. The van der Waals surface area contributed by atoms with Crippen LogP contribution in [0.15, 0.2) is 140 Å². The molecule has 0 amide bonds. The molecule has 0 heterocycles. The highest BCUT2D eigenvalue weighted by atomic mass is 16.5. The molecule has 5 heteroatoms. The number of ether oxygens (including phenoxy) is 2. The molecule has 0 aliphatic heterocycles. The van der Waals surface area contributed by atoms with Gasteiger partial charge in [-0.1, -0.05) is 91.0 Å². The van der Waals surface area contributed by atoms with Crippen LogP contribution in [0.1, 0.15) is 22.8 Å². The fraction of sp³-hybridized carbons (Fsp3) is 0.100. The predicted molar refractivity (Wildman–Crippen MR) is 182 cm³/mol. The maximum absolute atomic E-state index is 11.8. The first-order valence-corrected chi connectivity index (χ1v) is 14.8. The Bertz CT molecular complexity index is 1850. The number of methoxy groups -OCH3 is 2. The van der Waals surface area contributed by atoms with Crippen molar-refractivity contribution in [3.05, 3.63) is 156 Å². The fourth-order valence-electron chi connectivity index (χ4n) is 5.39. The highest BCUT2D eigenvalue weighted by molar-refractivity contribution is 5.74. The highest BCUT2D eigenvalue weighted by Crippen LogP contribution is 2.36. The standard InChI is InChI=1S/C40H35NO4/c1-44-36-20-13-31(14-21-36)29-7-9-33(10-8-29)40(43)38-25-34(32-15-22-37(45-2)23-16-32)17-24-39(38)41-35-18-11-30(12-19-35)28-5-3-27(26-42)4-6-28/h3-25,40-43H,26H2,1-2H3. The Morgan fingerprint density at radius 3 is 1.44 bits per heavy atom. The summed E-state index contributed by atoms with van der Waals surface area (Å²) < 4.78 is 10.6. The van der Waals surface area contributed by atoms with Crippen molar-refractivity contribution >= 4 is 11.4 Å². The molecule has 0 saturated carbocycles. The van der Waals surface area contributed by atoms with Gasteiger partial charge >= 0.3 is 0 Å². The van der Waals surface area contributed by atoms with E-state index in [1.54, 1.807) is 14.2 Å². The number of hydrogen-bond acceptors (Lipinski definition) is 5. The molecule has 45 heavy (non-hydrogen) atoms. The van der Waals surface area contributed by atoms with Crippen LogP contribution >= 0.6 is 0 Å². The molecule has 6 aromatic carbocycles. The fourth-order valence-corrected chi connectivity index (χ4v) is 5.39. The Labute approximate surface area is 264 Å². The average molecular weight is 594 g/mol. The first-order chi connectivity index (χ1) is 22.0. The summed E-state index contributed by atoms with van der Waals surface area (Å²) in [5, 5.41) is 24.7. The number of hydrogen-bond donors (Lipinski definition) is 3. The van der Waals surface area contributed by atoms with Gasteiger partial charge in [-0.3, -0.25) is 0 Å². The van der Waals surface area contributed by atoms with E-state index in [0.29, 0.717) is 0 Å². The van der Waals surface area contributed by atoms with Crippen molar-refractivity contribution in [1.29, 1.82) is 0 Å². The van der Waals surface area contributed by atoms with Crippen LogP contribution in [-0.2, 0) is 6.61 Å². The Hall–Kier alpha value is -5.36. The summed E-state index contributed by atoms with van der Waals surface area (Å²) in [6.45, 7) is 0.0292. The second-order valence-corrected chi connectivity index (χ2v) is 10.8. The average Bonchev–Trinajstić information content (AvgIpc) is 3.12. The van der Waals surface area contributed by atoms with Crippen molar-refractivity contribution in [2.45, 2.75) is 12.7 Å².